The van der Waals surface area contributed by atoms with E-state index in [-0.39, 0.29) is 17.5 Å². The Balaban J connectivity index is 3.35. The molecule has 0 aliphatic heterocycles. The fourth-order valence-corrected chi connectivity index (χ4v) is 2.05. The van der Waals surface area contributed by atoms with Crippen LogP contribution < -0.4 is 11.5 Å². The number of aryl methyl sites for hydroxylation is 2. The van der Waals surface area contributed by atoms with Crippen molar-refractivity contribution in [3.63, 3.8) is 0 Å². The van der Waals surface area contributed by atoms with E-state index < -0.39 is 23.6 Å². The van der Waals surface area contributed by atoms with Crippen molar-refractivity contribution in [3.8, 4) is 0 Å². The molecule has 120 valence electrons. The van der Waals surface area contributed by atoms with E-state index in [1.807, 2.05) is 0 Å². The number of nitrogens with two attached hydrogens (primary N) is 2. The van der Waals surface area contributed by atoms with Gasteiger partial charge in [0.2, 0.25) is 0 Å². The highest BCUT2D eigenvalue weighted by atomic mass is 19.4. The average molecular weight is 313 g/mol. The monoisotopic (exact) mass is 313 g/mol. The van der Waals surface area contributed by atoms with Gasteiger partial charge in [0.25, 0.3) is 5.91 Å². The van der Waals surface area contributed by atoms with Crippen LogP contribution in [0.1, 0.15) is 40.4 Å². The van der Waals surface area contributed by atoms with Crippen molar-refractivity contribution in [2.45, 2.75) is 32.9 Å². The number of alkyl halides is 3. The Bertz CT molecular complexity index is 615. The van der Waals surface area contributed by atoms with Crippen molar-refractivity contribution in [2.75, 3.05) is 0 Å². The first-order chi connectivity index (χ1) is 10.2. The fraction of sp³-hybridized carbons (Fsp3) is 0.333. The molecular weight excluding hydrogens is 295 g/mol. The van der Waals surface area contributed by atoms with Crippen LogP contribution in [0.15, 0.2) is 29.3 Å². The highest BCUT2D eigenvalue weighted by molar-refractivity contribution is 6.03. The van der Waals surface area contributed by atoms with Gasteiger partial charge in [-0.15, -0.1) is 0 Å². The molecule has 0 aliphatic carbocycles. The van der Waals surface area contributed by atoms with Crippen molar-refractivity contribution < 1.29 is 18.0 Å². The van der Waals surface area contributed by atoms with E-state index in [0.717, 1.165) is 6.07 Å². The lowest BCUT2D eigenvalue weighted by Crippen LogP contribution is -2.24. The summed E-state index contributed by atoms with van der Waals surface area (Å²) in [6, 6.07) is 2.18. The smallest absolute Gasteiger partial charge is 0.370 e. The number of carbonyl (C=O) groups is 1. The Morgan fingerprint density at radius 3 is 2.45 bits per heavy atom. The molecule has 22 heavy (non-hydrogen) atoms. The molecule has 1 amide bonds. The second-order valence-electron chi connectivity index (χ2n) is 4.77. The van der Waals surface area contributed by atoms with Gasteiger partial charge in [-0.1, -0.05) is 18.2 Å². The topological polar surface area (TPSA) is 81.5 Å². The SMILES string of the molecule is CC=CCCc1cc(C)c(C(=O)N=C(N)N)cc1C(F)(F)F. The second kappa shape index (κ2) is 7.11. The Hall–Kier alpha value is -2.31. The molecular formula is C15H18F3N3O. The zero-order chi connectivity index (χ0) is 16.9. The molecule has 0 saturated carbocycles. The standard InChI is InChI=1S/C15H18F3N3O/c1-3-4-5-6-10-7-9(2)11(13(22)21-14(19)20)8-12(10)15(16,17)18/h3-4,7-8H,5-6H2,1-2H3,(H4,19,20,21,22). The summed E-state index contributed by atoms with van der Waals surface area (Å²) in [4.78, 5) is 15.1. The van der Waals surface area contributed by atoms with Crippen LogP contribution in [0.5, 0.6) is 0 Å². The number of aliphatic imine (C=N–C) groups is 1. The van der Waals surface area contributed by atoms with Crippen molar-refractivity contribution in [1.29, 1.82) is 0 Å². The molecule has 0 radical (unpaired) electrons. The molecule has 0 fully saturated rings. The van der Waals surface area contributed by atoms with Crippen molar-refractivity contribution >= 4 is 11.9 Å². The van der Waals surface area contributed by atoms with Gasteiger partial charge in [0.15, 0.2) is 5.96 Å². The van der Waals surface area contributed by atoms with Gasteiger partial charge in [0.05, 0.1) is 5.56 Å². The van der Waals surface area contributed by atoms with E-state index in [4.69, 9.17) is 11.5 Å². The first-order valence-corrected chi connectivity index (χ1v) is 6.62. The minimum Gasteiger partial charge on any atom is -0.370 e. The maximum absolute atomic E-state index is 13.2. The van der Waals surface area contributed by atoms with Crippen LogP contribution in [0, 0.1) is 6.92 Å². The minimum atomic E-state index is -4.55. The van der Waals surface area contributed by atoms with Crippen LogP contribution in [0.4, 0.5) is 13.2 Å². The molecule has 0 spiro atoms. The van der Waals surface area contributed by atoms with Crippen LogP contribution in [-0.4, -0.2) is 11.9 Å². The summed E-state index contributed by atoms with van der Waals surface area (Å²) in [5.41, 5.74) is 9.74. The van der Waals surface area contributed by atoms with Gasteiger partial charge >= 0.3 is 6.18 Å². The van der Waals surface area contributed by atoms with E-state index in [2.05, 4.69) is 4.99 Å². The van der Waals surface area contributed by atoms with E-state index >= 15 is 0 Å². The summed E-state index contributed by atoms with van der Waals surface area (Å²) in [5, 5.41) is 0. The van der Waals surface area contributed by atoms with Crippen molar-refractivity contribution in [3.05, 3.63) is 46.5 Å². The quantitative estimate of drug-likeness (QED) is 0.509. The van der Waals surface area contributed by atoms with Gasteiger partial charge in [-0.3, -0.25) is 4.79 Å². The number of hydrogen-bond donors (Lipinski definition) is 2. The number of carbonyl (C=O) groups excluding carboxylic acids is 1. The Labute approximate surface area is 126 Å². The predicted molar refractivity (Wildman–Crippen MR) is 79.5 cm³/mol. The van der Waals surface area contributed by atoms with E-state index in [0.29, 0.717) is 12.0 Å². The second-order valence-corrected chi connectivity index (χ2v) is 4.77. The summed E-state index contributed by atoms with van der Waals surface area (Å²) in [7, 11) is 0. The number of halogens is 3. The first kappa shape index (κ1) is 17.7. The summed E-state index contributed by atoms with van der Waals surface area (Å²) in [6.45, 7) is 3.35. The number of benzene rings is 1. The van der Waals surface area contributed by atoms with Gasteiger partial charge in [0, 0.05) is 5.56 Å². The zero-order valence-corrected chi connectivity index (χ0v) is 12.4. The number of amides is 1. The summed E-state index contributed by atoms with van der Waals surface area (Å²) in [5.74, 6) is -1.38. The summed E-state index contributed by atoms with van der Waals surface area (Å²) in [6.07, 6.45) is -0.270. The molecule has 0 unspecified atom stereocenters. The third-order valence-electron chi connectivity index (χ3n) is 3.03. The number of allylic oxidation sites excluding steroid dienone is 2. The van der Waals surface area contributed by atoms with E-state index in [1.165, 1.54) is 6.07 Å². The molecule has 0 bridgehead atoms. The van der Waals surface area contributed by atoms with Crippen LogP contribution >= 0.6 is 0 Å². The molecule has 0 aromatic heterocycles. The van der Waals surface area contributed by atoms with Crippen molar-refractivity contribution in [2.24, 2.45) is 16.5 Å². The molecule has 1 aromatic carbocycles. The van der Waals surface area contributed by atoms with Crippen LogP contribution in [0.25, 0.3) is 0 Å². The molecule has 0 heterocycles. The third-order valence-corrected chi connectivity index (χ3v) is 3.03. The third kappa shape index (κ3) is 4.61. The van der Waals surface area contributed by atoms with Gasteiger partial charge in [-0.25, -0.2) is 0 Å². The Morgan fingerprint density at radius 1 is 1.32 bits per heavy atom. The Morgan fingerprint density at radius 2 is 1.95 bits per heavy atom. The summed E-state index contributed by atoms with van der Waals surface area (Å²) >= 11 is 0. The maximum atomic E-state index is 13.2. The minimum absolute atomic E-state index is 0.143. The predicted octanol–water partition coefficient (Wildman–Crippen LogP) is 2.94. The summed E-state index contributed by atoms with van der Waals surface area (Å²) < 4.78 is 39.5. The van der Waals surface area contributed by atoms with E-state index in [1.54, 1.807) is 26.0 Å². The van der Waals surface area contributed by atoms with Crippen LogP contribution in [0.2, 0.25) is 0 Å². The highest BCUT2D eigenvalue weighted by Gasteiger charge is 2.34. The van der Waals surface area contributed by atoms with Gasteiger partial charge in [0.1, 0.15) is 0 Å². The lowest BCUT2D eigenvalue weighted by atomic mass is 9.95. The first-order valence-electron chi connectivity index (χ1n) is 6.62. The molecule has 0 aliphatic rings. The number of rotatable bonds is 4. The molecule has 4 nitrogen and oxygen atoms in total. The molecule has 7 heteroatoms. The maximum Gasteiger partial charge on any atom is 0.416 e. The van der Waals surface area contributed by atoms with Crippen LogP contribution in [0.3, 0.4) is 0 Å². The van der Waals surface area contributed by atoms with Crippen LogP contribution in [-0.2, 0) is 12.6 Å². The molecule has 1 aromatic rings. The molecule has 0 atom stereocenters. The normalized spacial score (nSPS) is 11.7. The zero-order valence-electron chi connectivity index (χ0n) is 12.4. The van der Waals surface area contributed by atoms with Gasteiger partial charge in [-0.05, 0) is 43.9 Å². The highest BCUT2D eigenvalue weighted by Crippen LogP contribution is 2.34. The Kier molecular flexibility index (Phi) is 5.73. The molecule has 4 N–H and O–H groups in total. The van der Waals surface area contributed by atoms with E-state index in [9.17, 15) is 18.0 Å². The van der Waals surface area contributed by atoms with Gasteiger partial charge in [-0.2, -0.15) is 18.2 Å². The average Bonchev–Trinajstić information content (AvgIpc) is 2.36. The lowest BCUT2D eigenvalue weighted by Gasteiger charge is -2.15. The largest absolute Gasteiger partial charge is 0.416 e. The molecule has 0 saturated heterocycles. The number of nitrogens with zero attached hydrogens (tertiary/aromatic N) is 1. The lowest BCUT2D eigenvalue weighted by molar-refractivity contribution is -0.138. The van der Waals surface area contributed by atoms with Crippen molar-refractivity contribution in [1.82, 2.24) is 0 Å². The fourth-order valence-electron chi connectivity index (χ4n) is 2.05. The number of hydrogen-bond acceptors (Lipinski definition) is 1. The molecule has 1 rings (SSSR count). The number of guanidine groups is 1. The van der Waals surface area contributed by atoms with Gasteiger partial charge < -0.3 is 11.5 Å².